The van der Waals surface area contributed by atoms with Crippen LogP contribution in [0, 0.1) is 5.82 Å². The Hall–Kier alpha value is -2.76. The van der Waals surface area contributed by atoms with Crippen molar-refractivity contribution in [3.05, 3.63) is 53.9 Å². The summed E-state index contributed by atoms with van der Waals surface area (Å²) in [5.41, 5.74) is 1.66. The predicted molar refractivity (Wildman–Crippen MR) is 76.5 cm³/mol. The van der Waals surface area contributed by atoms with Gasteiger partial charge in [-0.15, -0.1) is 0 Å². The van der Waals surface area contributed by atoms with E-state index in [1.54, 1.807) is 24.4 Å². The molecule has 0 spiro atoms. The first-order valence-corrected chi connectivity index (χ1v) is 6.55. The Morgan fingerprint density at radius 2 is 2.05 bits per heavy atom. The van der Waals surface area contributed by atoms with Crippen molar-refractivity contribution in [1.82, 2.24) is 19.9 Å². The minimum absolute atomic E-state index is 0.296. The molecule has 106 valence electrons. The topological polar surface area (TPSA) is 56.7 Å². The summed E-state index contributed by atoms with van der Waals surface area (Å²) in [5, 5.41) is 8.04. The molecule has 2 aromatic heterocycles. The van der Waals surface area contributed by atoms with Gasteiger partial charge in [0.2, 0.25) is 5.82 Å². The van der Waals surface area contributed by atoms with Gasteiger partial charge in [0.1, 0.15) is 5.82 Å². The molecule has 0 aliphatic heterocycles. The average molecular weight is 284 g/mol. The molecule has 0 saturated carbocycles. The van der Waals surface area contributed by atoms with Gasteiger partial charge in [0, 0.05) is 29.9 Å². The number of nitrogens with zero attached hydrogens (tertiary/aromatic N) is 4. The van der Waals surface area contributed by atoms with E-state index in [0.29, 0.717) is 17.3 Å². The van der Waals surface area contributed by atoms with Crippen LogP contribution in [-0.2, 0) is 6.54 Å². The molecular weight excluding hydrogens is 271 g/mol. The van der Waals surface area contributed by atoms with Gasteiger partial charge in [0.15, 0.2) is 0 Å². The maximum Gasteiger partial charge on any atom is 0.250 e. The second kappa shape index (κ2) is 5.70. The zero-order valence-electron chi connectivity index (χ0n) is 11.4. The van der Waals surface area contributed by atoms with Crippen molar-refractivity contribution in [2.45, 2.75) is 13.5 Å². The highest BCUT2D eigenvalue weighted by molar-refractivity contribution is 5.66. The zero-order chi connectivity index (χ0) is 14.7. The van der Waals surface area contributed by atoms with Crippen LogP contribution in [0.5, 0.6) is 0 Å². The first kappa shape index (κ1) is 13.2. The van der Waals surface area contributed by atoms with E-state index < -0.39 is 0 Å². The van der Waals surface area contributed by atoms with Crippen molar-refractivity contribution in [2.24, 2.45) is 0 Å². The fraction of sp³-hybridized carbons (Fsp3) is 0.133. The van der Waals surface area contributed by atoms with Crippen LogP contribution in [0.2, 0.25) is 0 Å². The third-order valence-electron chi connectivity index (χ3n) is 2.94. The third-order valence-corrected chi connectivity index (χ3v) is 2.94. The Balaban J connectivity index is 1.77. The molecule has 0 N–H and O–H groups in total. The van der Waals surface area contributed by atoms with Crippen LogP contribution in [0.1, 0.15) is 18.4 Å². The van der Waals surface area contributed by atoms with Crippen LogP contribution in [0.15, 0.2) is 41.2 Å². The molecular formula is C15H13FN4O. The van der Waals surface area contributed by atoms with Crippen LogP contribution in [-0.4, -0.2) is 19.9 Å². The lowest BCUT2D eigenvalue weighted by molar-refractivity contribution is 0.411. The average Bonchev–Trinajstić information content (AvgIpc) is 3.15. The van der Waals surface area contributed by atoms with E-state index in [4.69, 9.17) is 4.52 Å². The summed E-state index contributed by atoms with van der Waals surface area (Å²) < 4.78 is 19.8. The monoisotopic (exact) mass is 284 g/mol. The summed E-state index contributed by atoms with van der Waals surface area (Å²) in [6.07, 6.45) is 7.25. The molecule has 2 heterocycles. The van der Waals surface area contributed by atoms with Gasteiger partial charge in [-0.25, -0.2) is 4.39 Å². The summed E-state index contributed by atoms with van der Waals surface area (Å²) >= 11 is 0. The summed E-state index contributed by atoms with van der Waals surface area (Å²) in [6.45, 7) is 2.84. The molecule has 6 heteroatoms. The highest BCUT2D eigenvalue weighted by Gasteiger charge is 2.06. The van der Waals surface area contributed by atoms with Crippen LogP contribution >= 0.6 is 0 Å². The molecule has 0 amide bonds. The minimum Gasteiger partial charge on any atom is -0.334 e. The molecule has 0 bridgehead atoms. The molecule has 21 heavy (non-hydrogen) atoms. The SMILES string of the molecule is CCn1cc(/C=C/c2nc(-c3ccc(F)cc3)no2)cn1. The maximum absolute atomic E-state index is 12.9. The standard InChI is InChI=1S/C15H13FN4O/c1-2-20-10-11(9-17-20)3-8-14-18-15(19-21-14)12-4-6-13(16)7-5-12/h3-10H,2H2,1H3/b8-3+. The van der Waals surface area contributed by atoms with Gasteiger partial charge in [0.05, 0.1) is 6.20 Å². The first-order chi connectivity index (χ1) is 10.2. The Kier molecular flexibility index (Phi) is 3.59. The van der Waals surface area contributed by atoms with Gasteiger partial charge in [-0.1, -0.05) is 5.16 Å². The molecule has 3 rings (SSSR count). The highest BCUT2D eigenvalue weighted by atomic mass is 19.1. The largest absolute Gasteiger partial charge is 0.334 e. The van der Waals surface area contributed by atoms with Crippen LogP contribution in [0.3, 0.4) is 0 Å². The van der Waals surface area contributed by atoms with Gasteiger partial charge in [0.25, 0.3) is 5.89 Å². The molecule has 0 saturated heterocycles. The highest BCUT2D eigenvalue weighted by Crippen LogP contribution is 2.17. The molecule has 5 nitrogen and oxygen atoms in total. The van der Waals surface area contributed by atoms with Gasteiger partial charge >= 0.3 is 0 Å². The lowest BCUT2D eigenvalue weighted by Crippen LogP contribution is -1.91. The van der Waals surface area contributed by atoms with Crippen molar-refractivity contribution in [2.75, 3.05) is 0 Å². The van der Waals surface area contributed by atoms with Gasteiger partial charge < -0.3 is 4.52 Å². The van der Waals surface area contributed by atoms with E-state index in [1.165, 1.54) is 12.1 Å². The Bertz CT molecular complexity index is 758. The van der Waals surface area contributed by atoms with Crippen molar-refractivity contribution < 1.29 is 8.91 Å². The van der Waals surface area contributed by atoms with E-state index in [-0.39, 0.29) is 5.82 Å². The van der Waals surface area contributed by atoms with E-state index in [9.17, 15) is 4.39 Å². The van der Waals surface area contributed by atoms with Gasteiger partial charge in [-0.3, -0.25) is 4.68 Å². The quantitative estimate of drug-likeness (QED) is 0.738. The summed E-state index contributed by atoms with van der Waals surface area (Å²) in [7, 11) is 0. The molecule has 0 atom stereocenters. The molecule has 3 aromatic rings. The zero-order valence-corrected chi connectivity index (χ0v) is 11.4. The molecule has 1 aromatic carbocycles. The summed E-state index contributed by atoms with van der Waals surface area (Å²) in [5.74, 6) is 0.521. The number of hydrogen-bond acceptors (Lipinski definition) is 4. The van der Waals surface area contributed by atoms with Crippen molar-refractivity contribution in [1.29, 1.82) is 0 Å². The lowest BCUT2D eigenvalue weighted by atomic mass is 10.2. The molecule has 0 unspecified atom stereocenters. The van der Waals surface area contributed by atoms with Crippen LogP contribution < -0.4 is 0 Å². The molecule has 0 fully saturated rings. The normalized spacial score (nSPS) is 11.3. The smallest absolute Gasteiger partial charge is 0.250 e. The molecule has 0 radical (unpaired) electrons. The Labute approximate surface area is 120 Å². The number of aromatic nitrogens is 4. The van der Waals surface area contributed by atoms with Gasteiger partial charge in [-0.2, -0.15) is 10.1 Å². The molecule has 0 aliphatic rings. The number of hydrogen-bond donors (Lipinski definition) is 0. The Morgan fingerprint density at radius 1 is 1.24 bits per heavy atom. The number of aryl methyl sites for hydroxylation is 1. The first-order valence-electron chi connectivity index (χ1n) is 6.55. The predicted octanol–water partition coefficient (Wildman–Crippen LogP) is 3.26. The number of rotatable bonds is 4. The number of benzene rings is 1. The van der Waals surface area contributed by atoms with Crippen molar-refractivity contribution in [3.63, 3.8) is 0 Å². The second-order valence-corrected chi connectivity index (χ2v) is 4.43. The van der Waals surface area contributed by atoms with E-state index in [2.05, 4.69) is 15.2 Å². The van der Waals surface area contributed by atoms with E-state index in [1.807, 2.05) is 23.9 Å². The minimum atomic E-state index is -0.296. The summed E-state index contributed by atoms with van der Waals surface area (Å²) in [4.78, 5) is 4.24. The fourth-order valence-corrected chi connectivity index (χ4v) is 1.83. The Morgan fingerprint density at radius 3 is 2.76 bits per heavy atom. The maximum atomic E-state index is 12.9. The van der Waals surface area contributed by atoms with Gasteiger partial charge in [-0.05, 0) is 37.3 Å². The lowest BCUT2D eigenvalue weighted by Gasteiger charge is -1.92. The molecule has 0 aliphatic carbocycles. The van der Waals surface area contributed by atoms with E-state index in [0.717, 1.165) is 12.1 Å². The summed E-state index contributed by atoms with van der Waals surface area (Å²) in [6, 6.07) is 5.94. The van der Waals surface area contributed by atoms with E-state index >= 15 is 0 Å². The second-order valence-electron chi connectivity index (χ2n) is 4.43. The van der Waals surface area contributed by atoms with Crippen LogP contribution in [0.4, 0.5) is 4.39 Å². The third kappa shape index (κ3) is 3.05. The number of halogens is 1. The van der Waals surface area contributed by atoms with Crippen molar-refractivity contribution >= 4 is 12.2 Å². The fourth-order valence-electron chi connectivity index (χ4n) is 1.83. The van der Waals surface area contributed by atoms with Crippen LogP contribution in [0.25, 0.3) is 23.5 Å². The van der Waals surface area contributed by atoms with Crippen molar-refractivity contribution in [3.8, 4) is 11.4 Å².